The third-order valence-electron chi connectivity index (χ3n) is 1.61. The molecular formula is C8H6BrF3INO2. The van der Waals surface area contributed by atoms with Crippen molar-refractivity contribution in [1.29, 1.82) is 0 Å². The first kappa shape index (κ1) is 14.0. The second kappa shape index (κ2) is 5.50. The Morgan fingerprint density at radius 1 is 1.50 bits per heavy atom. The molecule has 90 valence electrons. The van der Waals surface area contributed by atoms with Crippen LogP contribution in [0.15, 0.2) is 6.07 Å². The van der Waals surface area contributed by atoms with Crippen molar-refractivity contribution < 1.29 is 23.0 Å². The van der Waals surface area contributed by atoms with Crippen LogP contribution in [0.1, 0.15) is 11.3 Å². The van der Waals surface area contributed by atoms with Gasteiger partial charge in [0, 0.05) is 5.33 Å². The maximum atomic E-state index is 12.0. The number of hydrogen-bond acceptors (Lipinski definition) is 3. The van der Waals surface area contributed by atoms with Gasteiger partial charge in [-0.15, -0.1) is 13.2 Å². The summed E-state index contributed by atoms with van der Waals surface area (Å²) in [6.07, 6.45) is -4.79. The van der Waals surface area contributed by atoms with Crippen LogP contribution < -0.4 is 4.74 Å². The molecule has 0 fully saturated rings. The normalized spacial score (nSPS) is 11.6. The van der Waals surface area contributed by atoms with Crippen molar-refractivity contribution in [2.24, 2.45) is 0 Å². The van der Waals surface area contributed by atoms with Crippen LogP contribution in [-0.2, 0) is 11.9 Å². The predicted octanol–water partition coefficient (Wildman–Crippen LogP) is 2.97. The minimum absolute atomic E-state index is 0.133. The number of ether oxygens (including phenoxy) is 1. The van der Waals surface area contributed by atoms with Crippen molar-refractivity contribution in [3.05, 3.63) is 21.0 Å². The smallest absolute Gasteiger partial charge is 0.404 e. The van der Waals surface area contributed by atoms with Gasteiger partial charge in [0.15, 0.2) is 5.75 Å². The highest BCUT2D eigenvalue weighted by atomic mass is 127. The van der Waals surface area contributed by atoms with Crippen LogP contribution in [0.2, 0.25) is 0 Å². The minimum Gasteiger partial charge on any atom is -0.404 e. The summed E-state index contributed by atoms with van der Waals surface area (Å²) in [5, 5.41) is 9.24. The Bertz CT molecular complexity index is 386. The fourth-order valence-electron chi connectivity index (χ4n) is 0.967. The summed E-state index contributed by atoms with van der Waals surface area (Å²) in [6.45, 7) is -0.607. The van der Waals surface area contributed by atoms with E-state index in [1.54, 1.807) is 0 Å². The topological polar surface area (TPSA) is 42.4 Å². The van der Waals surface area contributed by atoms with Crippen LogP contribution in [0.4, 0.5) is 13.2 Å². The molecule has 0 bridgehead atoms. The van der Waals surface area contributed by atoms with E-state index >= 15 is 0 Å². The molecule has 0 atom stereocenters. The molecule has 1 rings (SSSR count). The monoisotopic (exact) mass is 411 g/mol. The van der Waals surface area contributed by atoms with Crippen molar-refractivity contribution in [2.45, 2.75) is 18.3 Å². The predicted molar refractivity (Wildman–Crippen MR) is 62.2 cm³/mol. The summed E-state index contributed by atoms with van der Waals surface area (Å²) in [5.74, 6) is -0.468. The Balaban J connectivity index is 3.15. The zero-order chi connectivity index (χ0) is 12.3. The molecule has 0 aromatic carbocycles. The van der Waals surface area contributed by atoms with Crippen LogP contribution in [0.25, 0.3) is 0 Å². The summed E-state index contributed by atoms with van der Waals surface area (Å²) in [5.41, 5.74) is 0.434. The highest BCUT2D eigenvalue weighted by Gasteiger charge is 2.32. The molecule has 0 saturated carbocycles. The van der Waals surface area contributed by atoms with Crippen molar-refractivity contribution in [3.63, 3.8) is 0 Å². The molecule has 0 amide bonds. The van der Waals surface area contributed by atoms with Gasteiger partial charge in [0.1, 0.15) is 9.39 Å². The number of nitrogens with zero attached hydrogens (tertiary/aromatic N) is 1. The first-order valence-electron chi connectivity index (χ1n) is 3.98. The highest BCUT2D eigenvalue weighted by molar-refractivity contribution is 14.1. The molecule has 0 aliphatic heterocycles. The van der Waals surface area contributed by atoms with Gasteiger partial charge in [0.05, 0.1) is 6.61 Å². The SMILES string of the molecule is OCc1nc(I)c(CBr)cc1OC(F)(F)F. The maximum absolute atomic E-state index is 12.0. The lowest BCUT2D eigenvalue weighted by Gasteiger charge is -2.13. The van der Waals surface area contributed by atoms with E-state index in [0.717, 1.165) is 0 Å². The van der Waals surface area contributed by atoms with Crippen molar-refractivity contribution >= 4 is 38.5 Å². The van der Waals surface area contributed by atoms with E-state index in [1.807, 2.05) is 22.6 Å². The van der Waals surface area contributed by atoms with Gasteiger partial charge in [-0.2, -0.15) is 0 Å². The third-order valence-corrected chi connectivity index (χ3v) is 3.15. The van der Waals surface area contributed by atoms with Gasteiger partial charge in [-0.3, -0.25) is 0 Å². The van der Waals surface area contributed by atoms with Crippen LogP contribution >= 0.6 is 38.5 Å². The summed E-state index contributed by atoms with van der Waals surface area (Å²) < 4.78 is 40.4. The molecule has 8 heteroatoms. The molecule has 0 unspecified atom stereocenters. The van der Waals surface area contributed by atoms with Gasteiger partial charge in [-0.05, 0) is 34.2 Å². The van der Waals surface area contributed by atoms with Crippen LogP contribution in [0.5, 0.6) is 5.75 Å². The molecule has 3 nitrogen and oxygen atoms in total. The standard InChI is InChI=1S/C8H6BrF3INO2/c9-2-4-1-6(16-8(10,11)12)5(3-15)14-7(4)13/h1,15H,2-3H2. The van der Waals surface area contributed by atoms with E-state index in [0.29, 0.717) is 14.6 Å². The molecule has 1 N–H and O–H groups in total. The lowest BCUT2D eigenvalue weighted by molar-refractivity contribution is -0.275. The molecule has 0 saturated heterocycles. The molecule has 1 aromatic rings. The molecule has 0 radical (unpaired) electrons. The van der Waals surface area contributed by atoms with Gasteiger partial charge in [0.2, 0.25) is 0 Å². The van der Waals surface area contributed by atoms with E-state index < -0.39 is 18.7 Å². The number of halogens is 5. The lowest BCUT2D eigenvalue weighted by atomic mass is 10.2. The van der Waals surface area contributed by atoms with Gasteiger partial charge >= 0.3 is 6.36 Å². The summed E-state index contributed by atoms with van der Waals surface area (Å²) in [4.78, 5) is 3.83. The maximum Gasteiger partial charge on any atom is 0.573 e. The number of aliphatic hydroxyl groups is 1. The van der Waals surface area contributed by atoms with Crippen molar-refractivity contribution in [2.75, 3.05) is 0 Å². The first-order valence-corrected chi connectivity index (χ1v) is 6.18. The Kier molecular flexibility index (Phi) is 4.80. The van der Waals surface area contributed by atoms with E-state index in [4.69, 9.17) is 5.11 Å². The zero-order valence-corrected chi connectivity index (χ0v) is 11.4. The zero-order valence-electron chi connectivity index (χ0n) is 7.68. The fraction of sp³-hybridized carbons (Fsp3) is 0.375. The summed E-state index contributed by atoms with van der Waals surface area (Å²) >= 11 is 5.00. The van der Waals surface area contributed by atoms with Gasteiger partial charge in [-0.25, -0.2) is 4.98 Å². The first-order chi connectivity index (χ1) is 7.37. The molecule has 0 spiro atoms. The highest BCUT2D eigenvalue weighted by Crippen LogP contribution is 2.28. The molecule has 0 aliphatic rings. The molecule has 1 aromatic heterocycles. The Labute approximate surface area is 111 Å². The lowest BCUT2D eigenvalue weighted by Crippen LogP contribution is -2.19. The van der Waals surface area contributed by atoms with Gasteiger partial charge < -0.3 is 9.84 Å². The Morgan fingerprint density at radius 2 is 2.12 bits per heavy atom. The number of rotatable bonds is 3. The van der Waals surface area contributed by atoms with Gasteiger partial charge in [-0.1, -0.05) is 15.9 Å². The average Bonchev–Trinajstić information content (AvgIpc) is 2.18. The molecule has 0 aliphatic carbocycles. The number of aliphatic hydroxyl groups excluding tert-OH is 1. The number of pyridine rings is 1. The molecule has 16 heavy (non-hydrogen) atoms. The van der Waals surface area contributed by atoms with Crippen molar-refractivity contribution in [3.8, 4) is 5.75 Å². The third kappa shape index (κ3) is 3.74. The second-order valence-corrected chi connectivity index (χ2v) is 4.31. The largest absolute Gasteiger partial charge is 0.573 e. The van der Waals surface area contributed by atoms with Crippen molar-refractivity contribution in [1.82, 2.24) is 4.98 Å². The summed E-state index contributed by atoms with van der Waals surface area (Å²) in [7, 11) is 0. The number of alkyl halides is 4. The van der Waals surface area contributed by atoms with Crippen LogP contribution in [0.3, 0.4) is 0 Å². The average molecular weight is 412 g/mol. The van der Waals surface area contributed by atoms with Crippen LogP contribution in [-0.4, -0.2) is 16.5 Å². The van der Waals surface area contributed by atoms with E-state index in [9.17, 15) is 13.2 Å². The minimum atomic E-state index is -4.79. The van der Waals surface area contributed by atoms with E-state index in [2.05, 4.69) is 25.7 Å². The fourth-order valence-corrected chi connectivity index (χ4v) is 2.56. The molecular weight excluding hydrogens is 406 g/mol. The quantitative estimate of drug-likeness (QED) is 0.472. The Morgan fingerprint density at radius 3 is 2.56 bits per heavy atom. The number of aromatic nitrogens is 1. The Hall–Kier alpha value is -0.0900. The number of hydrogen-bond donors (Lipinski definition) is 1. The van der Waals surface area contributed by atoms with Gasteiger partial charge in [0.25, 0.3) is 0 Å². The van der Waals surface area contributed by atoms with E-state index in [-0.39, 0.29) is 5.69 Å². The van der Waals surface area contributed by atoms with Crippen LogP contribution in [0, 0.1) is 3.70 Å². The molecule has 1 heterocycles. The second-order valence-electron chi connectivity index (χ2n) is 2.72. The van der Waals surface area contributed by atoms with E-state index in [1.165, 1.54) is 6.07 Å². The summed E-state index contributed by atoms with van der Waals surface area (Å²) in [6, 6.07) is 1.21.